The van der Waals surface area contributed by atoms with Crippen molar-refractivity contribution in [1.29, 1.82) is 0 Å². The highest BCUT2D eigenvalue weighted by molar-refractivity contribution is 5.83. The zero-order valence-electron chi connectivity index (χ0n) is 11.1. The summed E-state index contributed by atoms with van der Waals surface area (Å²) in [5.41, 5.74) is 1.65. The maximum absolute atomic E-state index is 12.6. The van der Waals surface area contributed by atoms with E-state index in [4.69, 9.17) is 4.42 Å². The first-order chi connectivity index (χ1) is 9.79. The van der Waals surface area contributed by atoms with E-state index in [1.807, 2.05) is 6.07 Å². The van der Waals surface area contributed by atoms with E-state index >= 15 is 0 Å². The molecule has 3 rings (SSSR count). The normalized spacial score (nSPS) is 18.8. The average molecular weight is 273 g/mol. The molecule has 0 aromatic carbocycles. The van der Waals surface area contributed by atoms with E-state index in [1.54, 1.807) is 18.1 Å². The number of nitrogens with zero attached hydrogens (tertiary/aromatic N) is 4. The number of rotatable bonds is 3. The van der Waals surface area contributed by atoms with Gasteiger partial charge in [-0.3, -0.25) is 4.79 Å². The fourth-order valence-electron chi connectivity index (χ4n) is 2.37. The van der Waals surface area contributed by atoms with Gasteiger partial charge in [-0.25, -0.2) is 15.0 Å². The summed E-state index contributed by atoms with van der Waals surface area (Å²) in [4.78, 5) is 26.6. The topological polar surface area (TPSA) is 84.2 Å². The van der Waals surface area contributed by atoms with Crippen LogP contribution in [0.15, 0.2) is 29.4 Å². The second-order valence-corrected chi connectivity index (χ2v) is 4.60. The van der Waals surface area contributed by atoms with Gasteiger partial charge in [-0.05, 0) is 13.1 Å². The molecule has 0 aliphatic carbocycles. The van der Waals surface area contributed by atoms with Gasteiger partial charge < -0.3 is 14.6 Å². The summed E-state index contributed by atoms with van der Waals surface area (Å²) in [7, 11) is 1.74. The van der Waals surface area contributed by atoms with Crippen LogP contribution in [0.4, 0.5) is 0 Å². The standard InChI is InChI=1S/C13H15N5O2/c1-14-11-12-10(17-8-20-12)3-5-18(13(11)19)6-9-2-4-15-7-16-9/h2,4,7-8,11,14H,3,5-6H2,1H3. The molecule has 0 saturated heterocycles. The van der Waals surface area contributed by atoms with Crippen LogP contribution in [0.25, 0.3) is 0 Å². The smallest absolute Gasteiger partial charge is 0.248 e. The number of likely N-dealkylation sites (N-methyl/N-ethyl adjacent to an activating group) is 1. The van der Waals surface area contributed by atoms with Gasteiger partial charge in [0.25, 0.3) is 0 Å². The Morgan fingerprint density at radius 3 is 3.15 bits per heavy atom. The minimum absolute atomic E-state index is 0.0263. The van der Waals surface area contributed by atoms with Crippen molar-refractivity contribution < 1.29 is 9.21 Å². The van der Waals surface area contributed by atoms with Crippen LogP contribution in [0.5, 0.6) is 0 Å². The summed E-state index contributed by atoms with van der Waals surface area (Å²) < 4.78 is 5.36. The van der Waals surface area contributed by atoms with Crippen molar-refractivity contribution >= 4 is 5.91 Å². The number of hydrogen-bond donors (Lipinski definition) is 1. The number of amides is 1. The summed E-state index contributed by atoms with van der Waals surface area (Å²) in [5.74, 6) is 0.587. The summed E-state index contributed by atoms with van der Waals surface area (Å²) in [6.07, 6.45) is 5.23. The van der Waals surface area contributed by atoms with E-state index < -0.39 is 6.04 Å². The fourth-order valence-corrected chi connectivity index (χ4v) is 2.37. The third kappa shape index (κ3) is 2.27. The minimum atomic E-state index is -0.489. The number of carbonyl (C=O) groups excluding carboxylic acids is 1. The van der Waals surface area contributed by atoms with E-state index in [2.05, 4.69) is 20.3 Å². The lowest BCUT2D eigenvalue weighted by molar-refractivity contribution is -0.134. The molecule has 20 heavy (non-hydrogen) atoms. The number of nitrogens with one attached hydrogen (secondary N) is 1. The van der Waals surface area contributed by atoms with E-state index in [1.165, 1.54) is 12.7 Å². The molecule has 3 heterocycles. The quantitative estimate of drug-likeness (QED) is 0.866. The molecular weight excluding hydrogens is 258 g/mol. The fraction of sp³-hybridized carbons (Fsp3) is 0.385. The molecule has 0 radical (unpaired) electrons. The first-order valence-electron chi connectivity index (χ1n) is 6.43. The van der Waals surface area contributed by atoms with Gasteiger partial charge in [-0.15, -0.1) is 0 Å². The van der Waals surface area contributed by atoms with Crippen LogP contribution in [0, 0.1) is 0 Å². The SMILES string of the molecule is CNC1C(=O)N(Cc2ccncn2)CCc2ncoc21. The monoisotopic (exact) mass is 273 g/mol. The van der Waals surface area contributed by atoms with E-state index in [0.717, 1.165) is 11.4 Å². The summed E-state index contributed by atoms with van der Waals surface area (Å²) in [5, 5.41) is 2.99. The summed E-state index contributed by atoms with van der Waals surface area (Å²) in [6.45, 7) is 1.06. The Balaban J connectivity index is 1.84. The molecule has 1 amide bonds. The van der Waals surface area contributed by atoms with Crippen LogP contribution >= 0.6 is 0 Å². The zero-order chi connectivity index (χ0) is 13.9. The lowest BCUT2D eigenvalue weighted by Gasteiger charge is -2.23. The van der Waals surface area contributed by atoms with Gasteiger partial charge in [0, 0.05) is 19.2 Å². The van der Waals surface area contributed by atoms with E-state index in [9.17, 15) is 4.79 Å². The highest BCUT2D eigenvalue weighted by atomic mass is 16.3. The third-order valence-electron chi connectivity index (χ3n) is 3.40. The lowest BCUT2D eigenvalue weighted by atomic mass is 10.1. The number of hydrogen-bond acceptors (Lipinski definition) is 6. The average Bonchev–Trinajstić information content (AvgIpc) is 2.89. The number of aromatic nitrogens is 3. The van der Waals surface area contributed by atoms with Crippen molar-refractivity contribution in [3.8, 4) is 0 Å². The van der Waals surface area contributed by atoms with Crippen molar-refractivity contribution in [2.24, 2.45) is 0 Å². The Bertz CT molecular complexity index is 598. The maximum Gasteiger partial charge on any atom is 0.248 e. The summed E-state index contributed by atoms with van der Waals surface area (Å²) >= 11 is 0. The van der Waals surface area contributed by atoms with Crippen LogP contribution in [-0.4, -0.2) is 39.4 Å². The number of oxazole rings is 1. The van der Waals surface area contributed by atoms with Crippen LogP contribution in [-0.2, 0) is 17.8 Å². The van der Waals surface area contributed by atoms with Gasteiger partial charge in [-0.2, -0.15) is 0 Å². The Morgan fingerprint density at radius 1 is 1.50 bits per heavy atom. The molecule has 0 spiro atoms. The molecule has 1 aliphatic heterocycles. The van der Waals surface area contributed by atoms with Crippen molar-refractivity contribution in [2.75, 3.05) is 13.6 Å². The van der Waals surface area contributed by atoms with Crippen LogP contribution in [0.3, 0.4) is 0 Å². The first-order valence-corrected chi connectivity index (χ1v) is 6.43. The molecule has 1 unspecified atom stereocenters. The van der Waals surface area contributed by atoms with Crippen molar-refractivity contribution in [2.45, 2.75) is 19.0 Å². The molecule has 1 aliphatic rings. The van der Waals surface area contributed by atoms with Crippen LogP contribution < -0.4 is 5.32 Å². The molecule has 104 valence electrons. The van der Waals surface area contributed by atoms with Gasteiger partial charge in [0.05, 0.1) is 17.9 Å². The largest absolute Gasteiger partial charge is 0.446 e. The molecule has 0 saturated carbocycles. The number of carbonyl (C=O) groups is 1. The molecule has 1 atom stereocenters. The van der Waals surface area contributed by atoms with Crippen LogP contribution in [0.2, 0.25) is 0 Å². The predicted molar refractivity (Wildman–Crippen MR) is 69.5 cm³/mol. The number of fused-ring (bicyclic) bond motifs is 1. The Kier molecular flexibility index (Phi) is 3.42. The van der Waals surface area contributed by atoms with Crippen LogP contribution in [0.1, 0.15) is 23.2 Å². The zero-order valence-corrected chi connectivity index (χ0v) is 11.1. The molecule has 2 aromatic heterocycles. The second kappa shape index (κ2) is 5.38. The van der Waals surface area contributed by atoms with Crippen molar-refractivity contribution in [3.63, 3.8) is 0 Å². The Hall–Kier alpha value is -2.28. The minimum Gasteiger partial charge on any atom is -0.446 e. The van der Waals surface area contributed by atoms with E-state index in [-0.39, 0.29) is 5.91 Å². The highest BCUT2D eigenvalue weighted by Crippen LogP contribution is 2.24. The van der Waals surface area contributed by atoms with E-state index in [0.29, 0.717) is 25.3 Å². The van der Waals surface area contributed by atoms with Crippen molar-refractivity contribution in [1.82, 2.24) is 25.2 Å². The molecule has 0 fully saturated rings. The molecule has 2 aromatic rings. The second-order valence-electron chi connectivity index (χ2n) is 4.60. The van der Waals surface area contributed by atoms with Gasteiger partial charge >= 0.3 is 0 Å². The first kappa shape index (κ1) is 12.7. The molecule has 7 heteroatoms. The van der Waals surface area contributed by atoms with Gasteiger partial charge in [0.1, 0.15) is 12.4 Å². The maximum atomic E-state index is 12.6. The van der Waals surface area contributed by atoms with Gasteiger partial charge in [0.2, 0.25) is 5.91 Å². The molecule has 7 nitrogen and oxygen atoms in total. The molecule has 0 bridgehead atoms. The van der Waals surface area contributed by atoms with Crippen molar-refractivity contribution in [3.05, 3.63) is 42.1 Å². The van der Waals surface area contributed by atoms with Gasteiger partial charge in [-0.1, -0.05) is 0 Å². The Morgan fingerprint density at radius 2 is 2.40 bits per heavy atom. The summed E-state index contributed by atoms with van der Waals surface area (Å²) in [6, 6.07) is 1.32. The highest BCUT2D eigenvalue weighted by Gasteiger charge is 2.33. The predicted octanol–water partition coefficient (Wildman–Crippen LogP) is 0.310. The third-order valence-corrected chi connectivity index (χ3v) is 3.40. The lowest BCUT2D eigenvalue weighted by Crippen LogP contribution is -2.38. The Labute approximate surface area is 116 Å². The van der Waals surface area contributed by atoms with Gasteiger partial charge in [0.15, 0.2) is 12.2 Å². The molecular formula is C13H15N5O2. The molecule has 1 N–H and O–H groups in total.